The topological polar surface area (TPSA) is 49.8 Å². The lowest BCUT2D eigenvalue weighted by molar-refractivity contribution is 1.20. The van der Waals surface area contributed by atoms with Crippen LogP contribution in [0.3, 0.4) is 0 Å². The van der Waals surface area contributed by atoms with Gasteiger partial charge in [0.05, 0.1) is 5.52 Å². The molecule has 0 aliphatic rings. The van der Waals surface area contributed by atoms with Crippen molar-refractivity contribution in [2.24, 2.45) is 0 Å². The molecule has 128 valence electrons. The summed E-state index contributed by atoms with van der Waals surface area (Å²) in [5, 5.41) is 8.36. The van der Waals surface area contributed by atoms with Crippen LogP contribution < -0.4 is 10.6 Å². The first-order chi connectivity index (χ1) is 12.7. The van der Waals surface area contributed by atoms with Crippen LogP contribution >= 0.6 is 11.6 Å². The molecule has 26 heavy (non-hydrogen) atoms. The lowest BCUT2D eigenvalue weighted by Crippen LogP contribution is -2.03. The fourth-order valence-electron chi connectivity index (χ4n) is 2.77. The quantitative estimate of drug-likeness (QED) is 0.463. The monoisotopic (exact) mass is 360 g/mol. The highest BCUT2D eigenvalue weighted by molar-refractivity contribution is 6.30. The maximum Gasteiger partial charge on any atom is 0.229 e. The Morgan fingerprint density at radius 1 is 0.808 bits per heavy atom. The minimum absolute atomic E-state index is 0.535. The van der Waals surface area contributed by atoms with Gasteiger partial charge in [0.25, 0.3) is 0 Å². The van der Waals surface area contributed by atoms with Crippen molar-refractivity contribution in [2.75, 3.05) is 10.6 Å². The predicted molar refractivity (Wildman–Crippen MR) is 109 cm³/mol. The van der Waals surface area contributed by atoms with Crippen molar-refractivity contribution >= 4 is 45.6 Å². The minimum Gasteiger partial charge on any atom is -0.340 e. The fraction of sp³-hybridized carbons (Fsp3) is 0.0476. The summed E-state index contributed by atoms with van der Waals surface area (Å²) in [6.45, 7) is 2.00. The molecular weight excluding hydrogens is 344 g/mol. The maximum atomic E-state index is 6.04. The molecule has 3 aromatic carbocycles. The number of para-hydroxylation sites is 2. The Morgan fingerprint density at radius 3 is 2.38 bits per heavy atom. The number of fused-ring (bicyclic) bond motifs is 1. The van der Waals surface area contributed by atoms with Gasteiger partial charge in [-0.15, -0.1) is 0 Å². The Kier molecular flexibility index (Phi) is 4.42. The van der Waals surface area contributed by atoms with E-state index in [2.05, 4.69) is 20.6 Å². The Hall–Kier alpha value is -3.11. The maximum absolute atomic E-state index is 6.04. The number of halogens is 1. The molecule has 0 unspecified atom stereocenters. The van der Waals surface area contributed by atoms with Gasteiger partial charge in [-0.3, -0.25) is 0 Å². The first-order valence-electron chi connectivity index (χ1n) is 8.31. The molecule has 0 aliphatic heterocycles. The Balaban J connectivity index is 1.76. The summed E-state index contributed by atoms with van der Waals surface area (Å²) in [4.78, 5) is 9.33. The minimum atomic E-state index is 0.535. The number of aryl methyl sites for hydroxylation is 1. The van der Waals surface area contributed by atoms with Gasteiger partial charge in [-0.2, -0.15) is 4.98 Å². The molecular formula is C21H17ClN4. The molecule has 0 atom stereocenters. The van der Waals surface area contributed by atoms with Crippen LogP contribution in [0.4, 0.5) is 23.1 Å². The second-order valence-electron chi connectivity index (χ2n) is 5.99. The van der Waals surface area contributed by atoms with Crippen LogP contribution in [0, 0.1) is 6.92 Å². The van der Waals surface area contributed by atoms with Gasteiger partial charge in [-0.05, 0) is 55.0 Å². The fourth-order valence-corrected chi connectivity index (χ4v) is 3.00. The third-order valence-corrected chi connectivity index (χ3v) is 4.31. The van der Waals surface area contributed by atoms with Crippen LogP contribution in [0.1, 0.15) is 5.56 Å². The van der Waals surface area contributed by atoms with Crippen molar-refractivity contribution in [3.8, 4) is 0 Å². The molecule has 0 amide bonds. The summed E-state index contributed by atoms with van der Waals surface area (Å²) in [6.07, 6.45) is 0. The average Bonchev–Trinajstić information content (AvgIpc) is 2.65. The Bertz CT molecular complexity index is 1060. The summed E-state index contributed by atoms with van der Waals surface area (Å²) in [6, 6.07) is 23.6. The molecule has 0 saturated carbocycles. The van der Waals surface area contributed by atoms with E-state index in [0.717, 1.165) is 33.7 Å². The molecule has 0 aliphatic carbocycles. The second kappa shape index (κ2) is 7.02. The molecule has 1 heterocycles. The summed E-state index contributed by atoms with van der Waals surface area (Å²) in [7, 11) is 0. The molecule has 0 spiro atoms. The smallest absolute Gasteiger partial charge is 0.229 e. The summed E-state index contributed by atoms with van der Waals surface area (Å²) in [5.41, 5.74) is 3.81. The summed E-state index contributed by atoms with van der Waals surface area (Å²) >= 11 is 6.04. The van der Waals surface area contributed by atoms with E-state index in [1.165, 1.54) is 0 Å². The normalized spacial score (nSPS) is 10.7. The first kappa shape index (κ1) is 16.4. The third kappa shape index (κ3) is 3.46. The molecule has 2 N–H and O–H groups in total. The number of hydrogen-bond acceptors (Lipinski definition) is 4. The van der Waals surface area contributed by atoms with Crippen molar-refractivity contribution < 1.29 is 0 Å². The zero-order chi connectivity index (χ0) is 17.9. The first-order valence-corrected chi connectivity index (χ1v) is 8.69. The number of rotatable bonds is 4. The van der Waals surface area contributed by atoms with Crippen LogP contribution in [0.15, 0.2) is 72.8 Å². The number of nitrogens with zero attached hydrogens (tertiary/aromatic N) is 2. The SMILES string of the molecule is Cc1cc(Cl)ccc1Nc1nc(Nc2ccccc2)c2ccccc2n1. The van der Waals surface area contributed by atoms with Crippen molar-refractivity contribution in [2.45, 2.75) is 6.92 Å². The Labute approximate surface area is 156 Å². The van der Waals surface area contributed by atoms with E-state index < -0.39 is 0 Å². The van der Waals surface area contributed by atoms with E-state index in [1.807, 2.05) is 79.7 Å². The zero-order valence-electron chi connectivity index (χ0n) is 14.2. The van der Waals surface area contributed by atoms with Crippen LogP contribution in [-0.4, -0.2) is 9.97 Å². The molecule has 0 radical (unpaired) electrons. The molecule has 4 nitrogen and oxygen atoms in total. The molecule has 0 bridgehead atoms. The summed E-state index contributed by atoms with van der Waals surface area (Å²) < 4.78 is 0. The van der Waals surface area contributed by atoms with E-state index in [9.17, 15) is 0 Å². The van der Waals surface area contributed by atoms with Gasteiger partial charge in [0.1, 0.15) is 5.82 Å². The summed E-state index contributed by atoms with van der Waals surface area (Å²) in [5.74, 6) is 1.29. The van der Waals surface area contributed by atoms with Crippen molar-refractivity contribution in [3.05, 3.63) is 83.4 Å². The zero-order valence-corrected chi connectivity index (χ0v) is 15.0. The predicted octanol–water partition coefficient (Wildman–Crippen LogP) is 6.08. The van der Waals surface area contributed by atoms with E-state index in [-0.39, 0.29) is 0 Å². The molecule has 5 heteroatoms. The van der Waals surface area contributed by atoms with Crippen molar-refractivity contribution in [1.82, 2.24) is 9.97 Å². The van der Waals surface area contributed by atoms with Crippen LogP contribution in [0.2, 0.25) is 5.02 Å². The Morgan fingerprint density at radius 2 is 1.58 bits per heavy atom. The third-order valence-electron chi connectivity index (χ3n) is 4.07. The van der Waals surface area contributed by atoms with Gasteiger partial charge in [-0.1, -0.05) is 41.9 Å². The number of aromatic nitrogens is 2. The van der Waals surface area contributed by atoms with E-state index >= 15 is 0 Å². The molecule has 4 rings (SSSR count). The molecule has 0 saturated heterocycles. The number of hydrogen-bond donors (Lipinski definition) is 2. The van der Waals surface area contributed by atoms with E-state index in [1.54, 1.807) is 0 Å². The molecule has 1 aromatic heterocycles. The standard InChI is InChI=1S/C21H17ClN4/c1-14-13-15(22)11-12-18(14)24-21-25-19-10-6-5-9-17(19)20(26-21)23-16-7-3-2-4-8-16/h2-13H,1H3,(H2,23,24,25,26). The number of nitrogens with one attached hydrogen (secondary N) is 2. The average molecular weight is 361 g/mol. The lowest BCUT2D eigenvalue weighted by atomic mass is 10.2. The van der Waals surface area contributed by atoms with Crippen molar-refractivity contribution in [3.63, 3.8) is 0 Å². The second-order valence-corrected chi connectivity index (χ2v) is 6.42. The lowest BCUT2D eigenvalue weighted by Gasteiger charge is -2.13. The highest BCUT2D eigenvalue weighted by Gasteiger charge is 2.09. The van der Waals surface area contributed by atoms with Crippen molar-refractivity contribution in [1.29, 1.82) is 0 Å². The number of anilines is 4. The highest BCUT2D eigenvalue weighted by Crippen LogP contribution is 2.27. The van der Waals surface area contributed by atoms with Gasteiger partial charge in [0.2, 0.25) is 5.95 Å². The molecule has 4 aromatic rings. The van der Waals surface area contributed by atoms with E-state index in [0.29, 0.717) is 11.0 Å². The van der Waals surface area contributed by atoms with Gasteiger partial charge in [0.15, 0.2) is 0 Å². The largest absolute Gasteiger partial charge is 0.340 e. The van der Waals surface area contributed by atoms with Gasteiger partial charge >= 0.3 is 0 Å². The van der Waals surface area contributed by atoms with Gasteiger partial charge in [-0.25, -0.2) is 4.98 Å². The highest BCUT2D eigenvalue weighted by atomic mass is 35.5. The van der Waals surface area contributed by atoms with Crippen LogP contribution in [-0.2, 0) is 0 Å². The van der Waals surface area contributed by atoms with Gasteiger partial charge in [0, 0.05) is 21.8 Å². The van der Waals surface area contributed by atoms with Crippen LogP contribution in [0.25, 0.3) is 10.9 Å². The van der Waals surface area contributed by atoms with Crippen LogP contribution in [0.5, 0.6) is 0 Å². The molecule has 0 fully saturated rings. The van der Waals surface area contributed by atoms with E-state index in [4.69, 9.17) is 11.6 Å². The van der Waals surface area contributed by atoms with Gasteiger partial charge < -0.3 is 10.6 Å². The number of benzene rings is 3.